The third-order valence-corrected chi connectivity index (χ3v) is 5.27. The molecule has 2 nitrogen and oxygen atoms in total. The Morgan fingerprint density at radius 2 is 1.38 bits per heavy atom. The molecule has 2 bridgehead atoms. The highest BCUT2D eigenvalue weighted by Crippen LogP contribution is 2.52. The molecule has 5 rings (SSSR count). The average molecular weight is 365 g/mol. The molecule has 2 aromatic carbocycles. The molecule has 0 amide bonds. The molecule has 2 aromatic rings. The van der Waals surface area contributed by atoms with Crippen LogP contribution in [0, 0.1) is 0 Å². The molecule has 0 aromatic heterocycles. The van der Waals surface area contributed by atoms with Gasteiger partial charge in [-0.3, -0.25) is 0 Å². The van der Waals surface area contributed by atoms with E-state index in [0.717, 1.165) is 13.1 Å². The van der Waals surface area contributed by atoms with E-state index in [4.69, 9.17) is 0 Å². The summed E-state index contributed by atoms with van der Waals surface area (Å²) in [5, 5.41) is 3.82. The van der Waals surface area contributed by atoms with Crippen molar-refractivity contribution < 1.29 is 0 Å². The number of benzene rings is 2. The number of nitrogens with one attached hydrogen (secondary N) is 1. The van der Waals surface area contributed by atoms with Crippen LogP contribution >= 0.6 is 24.8 Å². The van der Waals surface area contributed by atoms with Crippen LogP contribution in [0.25, 0.3) is 0 Å². The second kappa shape index (κ2) is 7.88. The summed E-state index contributed by atoms with van der Waals surface area (Å²) >= 11 is 0. The lowest BCUT2D eigenvalue weighted by molar-refractivity contribution is 0.338. The number of likely N-dealkylation sites (N-methyl/N-ethyl adjacent to an activating group) is 1. The van der Waals surface area contributed by atoms with Crippen LogP contribution in [0.5, 0.6) is 0 Å². The Labute approximate surface area is 157 Å². The monoisotopic (exact) mass is 364 g/mol. The normalized spacial score (nSPS) is 23.0. The lowest BCUT2D eigenvalue weighted by Crippen LogP contribution is -2.46. The molecule has 0 fully saturated rings. The van der Waals surface area contributed by atoms with Gasteiger partial charge in [0.1, 0.15) is 0 Å². The van der Waals surface area contributed by atoms with E-state index in [0.29, 0.717) is 17.9 Å². The van der Waals surface area contributed by atoms with Crippen LogP contribution in [0.4, 0.5) is 0 Å². The van der Waals surface area contributed by atoms with Gasteiger partial charge in [0.15, 0.2) is 0 Å². The zero-order valence-corrected chi connectivity index (χ0v) is 15.9. The molecule has 1 N–H and O–H groups in total. The number of rotatable bonds is 4. The smallest absolute Gasteiger partial charge is 0.0249 e. The van der Waals surface area contributed by atoms with Crippen LogP contribution in [-0.2, 0) is 0 Å². The third-order valence-electron chi connectivity index (χ3n) is 5.27. The molecule has 0 radical (unpaired) electrons. The van der Waals surface area contributed by atoms with Crippen molar-refractivity contribution in [3.05, 3.63) is 70.8 Å². The molecule has 1 atom stereocenters. The fourth-order valence-corrected chi connectivity index (χ4v) is 4.31. The molecule has 0 saturated carbocycles. The van der Waals surface area contributed by atoms with Crippen molar-refractivity contribution in [1.82, 2.24) is 10.2 Å². The van der Waals surface area contributed by atoms with E-state index in [2.05, 4.69) is 72.8 Å². The first-order valence-corrected chi connectivity index (χ1v) is 8.31. The summed E-state index contributed by atoms with van der Waals surface area (Å²) in [6, 6.07) is 18.7. The summed E-state index contributed by atoms with van der Waals surface area (Å²) in [7, 11) is 4.28. The van der Waals surface area contributed by atoms with Crippen molar-refractivity contribution in [3.8, 4) is 0 Å². The fraction of sp³-hybridized carbons (Fsp3) is 0.400. The number of fused-ring (bicyclic) bond motifs is 1. The maximum Gasteiger partial charge on any atom is 0.0249 e. The van der Waals surface area contributed by atoms with Gasteiger partial charge in [-0.25, -0.2) is 0 Å². The summed E-state index contributed by atoms with van der Waals surface area (Å²) in [6.45, 7) is 2.16. The van der Waals surface area contributed by atoms with E-state index in [1.807, 2.05) is 0 Å². The van der Waals surface area contributed by atoms with E-state index in [9.17, 15) is 0 Å². The molecular weight excluding hydrogens is 339 g/mol. The molecular formula is C20H26Cl2N2. The van der Waals surface area contributed by atoms with Gasteiger partial charge >= 0.3 is 0 Å². The second-order valence-electron chi connectivity index (χ2n) is 6.89. The Morgan fingerprint density at radius 3 is 1.88 bits per heavy atom. The first-order chi connectivity index (χ1) is 10.8. The van der Waals surface area contributed by atoms with Crippen molar-refractivity contribution in [2.45, 2.75) is 24.3 Å². The van der Waals surface area contributed by atoms with E-state index in [-0.39, 0.29) is 24.8 Å². The number of hydrogen-bond donors (Lipinski definition) is 1. The van der Waals surface area contributed by atoms with E-state index >= 15 is 0 Å². The Balaban J connectivity index is 0.00000104. The predicted molar refractivity (Wildman–Crippen MR) is 106 cm³/mol. The highest BCUT2D eigenvalue weighted by Gasteiger charge is 2.42. The molecule has 4 heteroatoms. The van der Waals surface area contributed by atoms with Gasteiger partial charge in [0.2, 0.25) is 0 Å². The van der Waals surface area contributed by atoms with Crippen molar-refractivity contribution >= 4 is 24.8 Å². The predicted octanol–water partition coefficient (Wildman–Crippen LogP) is 4.03. The van der Waals surface area contributed by atoms with Gasteiger partial charge in [0.25, 0.3) is 0 Å². The molecule has 0 saturated heterocycles. The van der Waals surface area contributed by atoms with Gasteiger partial charge in [-0.1, -0.05) is 48.5 Å². The molecule has 3 aliphatic rings. The Morgan fingerprint density at radius 1 is 0.875 bits per heavy atom. The SMILES string of the molecule is CN(C)CCNC1CC2c3ccccc3C1c1ccccc12.Cl.Cl. The highest BCUT2D eigenvalue weighted by atomic mass is 35.5. The fourth-order valence-electron chi connectivity index (χ4n) is 4.31. The molecule has 24 heavy (non-hydrogen) atoms. The molecule has 0 aliphatic heterocycles. The Bertz CT molecular complexity index is 639. The lowest BCUT2D eigenvalue weighted by atomic mass is 9.61. The minimum absolute atomic E-state index is 0. The molecule has 130 valence electrons. The number of halogens is 2. The van der Waals surface area contributed by atoms with Crippen LogP contribution < -0.4 is 5.32 Å². The minimum Gasteiger partial charge on any atom is -0.312 e. The summed E-state index contributed by atoms with van der Waals surface area (Å²) < 4.78 is 0. The third kappa shape index (κ3) is 3.21. The second-order valence-corrected chi connectivity index (χ2v) is 6.89. The van der Waals surface area contributed by atoms with E-state index in [1.165, 1.54) is 6.42 Å². The van der Waals surface area contributed by atoms with Gasteiger partial charge in [0, 0.05) is 31.0 Å². The van der Waals surface area contributed by atoms with Crippen LogP contribution in [0.2, 0.25) is 0 Å². The maximum absolute atomic E-state index is 3.82. The van der Waals surface area contributed by atoms with Crippen molar-refractivity contribution in [2.24, 2.45) is 0 Å². The number of hydrogen-bond acceptors (Lipinski definition) is 2. The largest absolute Gasteiger partial charge is 0.312 e. The standard InChI is InChI=1S/C20H24N2.2ClH/c1-22(2)12-11-21-19-13-18-14-7-3-5-9-16(14)20(19)17-10-6-4-8-15(17)18;;/h3-10,18-21H,11-13H2,1-2H3;2*1H. The van der Waals surface area contributed by atoms with Crippen LogP contribution in [-0.4, -0.2) is 38.1 Å². The Kier molecular flexibility index (Phi) is 6.33. The molecule has 1 unspecified atom stereocenters. The number of nitrogens with zero attached hydrogens (tertiary/aromatic N) is 1. The first kappa shape index (κ1) is 19.3. The van der Waals surface area contributed by atoms with Crippen molar-refractivity contribution in [1.29, 1.82) is 0 Å². The molecule has 3 aliphatic carbocycles. The van der Waals surface area contributed by atoms with Gasteiger partial charge in [-0.15, -0.1) is 24.8 Å². The van der Waals surface area contributed by atoms with Crippen LogP contribution in [0.3, 0.4) is 0 Å². The first-order valence-electron chi connectivity index (χ1n) is 8.31. The topological polar surface area (TPSA) is 15.3 Å². The minimum atomic E-state index is 0. The molecule has 0 heterocycles. The summed E-state index contributed by atoms with van der Waals surface area (Å²) in [4.78, 5) is 2.25. The van der Waals surface area contributed by atoms with Gasteiger partial charge in [-0.2, -0.15) is 0 Å². The maximum atomic E-state index is 3.82. The zero-order chi connectivity index (χ0) is 15.1. The van der Waals surface area contributed by atoms with Crippen LogP contribution in [0.1, 0.15) is 40.5 Å². The van der Waals surface area contributed by atoms with Crippen molar-refractivity contribution in [3.63, 3.8) is 0 Å². The van der Waals surface area contributed by atoms with E-state index in [1.54, 1.807) is 22.3 Å². The summed E-state index contributed by atoms with van der Waals surface area (Å²) in [5.74, 6) is 1.08. The van der Waals surface area contributed by atoms with Crippen molar-refractivity contribution in [2.75, 3.05) is 27.2 Å². The van der Waals surface area contributed by atoms with Crippen LogP contribution in [0.15, 0.2) is 48.5 Å². The van der Waals surface area contributed by atoms with Gasteiger partial charge < -0.3 is 10.2 Å². The zero-order valence-electron chi connectivity index (χ0n) is 14.2. The Hall–Kier alpha value is -1.06. The average Bonchev–Trinajstić information content (AvgIpc) is 2.55. The summed E-state index contributed by atoms with van der Waals surface area (Å²) in [6.07, 6.45) is 1.23. The van der Waals surface area contributed by atoms with E-state index < -0.39 is 0 Å². The lowest BCUT2D eigenvalue weighted by Gasteiger charge is -2.46. The molecule has 0 spiro atoms. The highest BCUT2D eigenvalue weighted by molar-refractivity contribution is 5.85. The van der Waals surface area contributed by atoms with Gasteiger partial charge in [0.05, 0.1) is 0 Å². The van der Waals surface area contributed by atoms with Gasteiger partial charge in [-0.05, 0) is 42.8 Å². The summed E-state index contributed by atoms with van der Waals surface area (Å²) in [5.41, 5.74) is 6.19. The quantitative estimate of drug-likeness (QED) is 0.880.